The number of amides is 2. The van der Waals surface area contributed by atoms with Crippen LogP contribution in [0.3, 0.4) is 0 Å². The summed E-state index contributed by atoms with van der Waals surface area (Å²) >= 11 is 0. The van der Waals surface area contributed by atoms with Crippen LogP contribution in [0.2, 0.25) is 0 Å². The SMILES string of the molecule is COc1ccc(C#N)cc1C(=O)N[C@@H]1C2CCC(C2=Cc2ccccc2)[C@@H]1C(=O)Nc1ccc(F)c(C(F)(F)F)c1. The molecule has 2 aliphatic rings. The third kappa shape index (κ3) is 5.53. The van der Waals surface area contributed by atoms with E-state index in [0.717, 1.165) is 17.2 Å². The number of hydrogen-bond donors (Lipinski definition) is 2. The molecule has 10 heteroatoms. The van der Waals surface area contributed by atoms with E-state index in [4.69, 9.17) is 4.74 Å². The zero-order chi connectivity index (χ0) is 29.3. The number of halogens is 4. The van der Waals surface area contributed by atoms with Crippen molar-refractivity contribution in [2.24, 2.45) is 17.8 Å². The van der Waals surface area contributed by atoms with Crippen LogP contribution in [-0.4, -0.2) is 25.0 Å². The molecule has 0 radical (unpaired) electrons. The highest BCUT2D eigenvalue weighted by atomic mass is 19.4. The van der Waals surface area contributed by atoms with Gasteiger partial charge < -0.3 is 15.4 Å². The molecule has 2 unspecified atom stereocenters. The largest absolute Gasteiger partial charge is 0.496 e. The highest BCUT2D eigenvalue weighted by Gasteiger charge is 2.54. The molecule has 0 aliphatic heterocycles. The number of nitriles is 1. The fraction of sp³-hybridized carbons (Fsp3) is 0.258. The first-order valence-corrected chi connectivity index (χ1v) is 12.9. The maximum atomic E-state index is 13.8. The topological polar surface area (TPSA) is 91.2 Å². The Morgan fingerprint density at radius 1 is 1.02 bits per heavy atom. The molecular formula is C31H25F4N3O3. The summed E-state index contributed by atoms with van der Waals surface area (Å²) in [5.41, 5.74) is 0.572. The van der Waals surface area contributed by atoms with Gasteiger partial charge in [-0.15, -0.1) is 0 Å². The number of ether oxygens (including phenoxy) is 1. The number of nitrogens with one attached hydrogen (secondary N) is 2. The Kier molecular flexibility index (Phi) is 7.54. The van der Waals surface area contributed by atoms with Gasteiger partial charge >= 0.3 is 6.18 Å². The number of benzene rings is 3. The Morgan fingerprint density at radius 3 is 2.44 bits per heavy atom. The molecule has 0 heterocycles. The van der Waals surface area contributed by atoms with Crippen molar-refractivity contribution in [1.29, 1.82) is 5.26 Å². The van der Waals surface area contributed by atoms with E-state index in [1.807, 2.05) is 42.5 Å². The molecule has 41 heavy (non-hydrogen) atoms. The number of rotatable bonds is 6. The summed E-state index contributed by atoms with van der Waals surface area (Å²) in [5.74, 6) is -3.62. The number of nitrogens with zero attached hydrogens (tertiary/aromatic N) is 1. The van der Waals surface area contributed by atoms with E-state index in [9.17, 15) is 32.4 Å². The van der Waals surface area contributed by atoms with Crippen LogP contribution in [0.4, 0.5) is 23.2 Å². The van der Waals surface area contributed by atoms with Gasteiger partial charge in [-0.2, -0.15) is 18.4 Å². The Balaban J connectivity index is 1.49. The van der Waals surface area contributed by atoms with Crippen molar-refractivity contribution < 1.29 is 31.9 Å². The van der Waals surface area contributed by atoms with Crippen LogP contribution in [0.1, 0.15) is 39.9 Å². The molecule has 0 saturated heterocycles. The van der Waals surface area contributed by atoms with Gasteiger partial charge in [0.1, 0.15) is 11.6 Å². The first-order chi connectivity index (χ1) is 19.6. The second-order valence-electron chi connectivity index (χ2n) is 10.1. The van der Waals surface area contributed by atoms with Gasteiger partial charge in [-0.1, -0.05) is 42.0 Å². The van der Waals surface area contributed by atoms with Gasteiger partial charge in [0.05, 0.1) is 35.8 Å². The Morgan fingerprint density at radius 2 is 1.76 bits per heavy atom. The van der Waals surface area contributed by atoms with Gasteiger partial charge in [-0.25, -0.2) is 4.39 Å². The van der Waals surface area contributed by atoms with Crippen LogP contribution in [0.5, 0.6) is 5.75 Å². The molecule has 2 fully saturated rings. The molecule has 2 bridgehead atoms. The van der Waals surface area contributed by atoms with Gasteiger partial charge in [-0.3, -0.25) is 9.59 Å². The van der Waals surface area contributed by atoms with E-state index in [0.29, 0.717) is 25.0 Å². The van der Waals surface area contributed by atoms with Crippen molar-refractivity contribution >= 4 is 23.6 Å². The van der Waals surface area contributed by atoms with Crippen molar-refractivity contribution in [3.05, 3.63) is 100 Å². The lowest BCUT2D eigenvalue weighted by Gasteiger charge is -2.30. The van der Waals surface area contributed by atoms with Crippen LogP contribution in [0.15, 0.2) is 72.3 Å². The van der Waals surface area contributed by atoms with Crippen LogP contribution < -0.4 is 15.4 Å². The molecule has 2 aliphatic carbocycles. The van der Waals surface area contributed by atoms with E-state index >= 15 is 0 Å². The number of fused-ring (bicyclic) bond motifs is 2. The molecule has 4 atom stereocenters. The molecule has 3 aromatic rings. The summed E-state index contributed by atoms with van der Waals surface area (Å²) in [6.07, 6.45) is -1.60. The summed E-state index contributed by atoms with van der Waals surface area (Å²) in [6.45, 7) is 0. The van der Waals surface area contributed by atoms with Crippen molar-refractivity contribution in [3.8, 4) is 11.8 Å². The van der Waals surface area contributed by atoms with Crippen LogP contribution in [-0.2, 0) is 11.0 Å². The van der Waals surface area contributed by atoms with E-state index in [1.165, 1.54) is 25.3 Å². The summed E-state index contributed by atoms with van der Waals surface area (Å²) in [6, 6.07) is 17.5. The Hall–Kier alpha value is -4.65. The number of anilines is 1. The van der Waals surface area contributed by atoms with Gasteiger partial charge in [-0.05, 0) is 60.7 Å². The number of methoxy groups -OCH3 is 1. The first kappa shape index (κ1) is 27.9. The molecule has 3 aromatic carbocycles. The van der Waals surface area contributed by atoms with E-state index < -0.39 is 41.3 Å². The van der Waals surface area contributed by atoms with E-state index in [2.05, 4.69) is 10.6 Å². The van der Waals surface area contributed by atoms with Crippen LogP contribution in [0.25, 0.3) is 6.08 Å². The normalized spacial score (nSPS) is 22.3. The van der Waals surface area contributed by atoms with Crippen molar-refractivity contribution in [2.45, 2.75) is 25.1 Å². The minimum atomic E-state index is -4.93. The average Bonchev–Trinajstić information content (AvgIpc) is 3.47. The lowest BCUT2D eigenvalue weighted by atomic mass is 9.83. The minimum Gasteiger partial charge on any atom is -0.496 e. The summed E-state index contributed by atoms with van der Waals surface area (Å²) in [4.78, 5) is 27.2. The first-order valence-electron chi connectivity index (χ1n) is 12.9. The molecule has 210 valence electrons. The fourth-order valence-corrected chi connectivity index (χ4v) is 5.96. The third-order valence-electron chi connectivity index (χ3n) is 7.74. The highest BCUT2D eigenvalue weighted by Crippen LogP contribution is 2.53. The third-order valence-corrected chi connectivity index (χ3v) is 7.74. The summed E-state index contributed by atoms with van der Waals surface area (Å²) in [7, 11) is 1.39. The predicted molar refractivity (Wildman–Crippen MR) is 143 cm³/mol. The minimum absolute atomic E-state index is 0.121. The van der Waals surface area contributed by atoms with Gasteiger partial charge in [0.2, 0.25) is 5.91 Å². The Bertz CT molecular complexity index is 1560. The molecule has 0 aromatic heterocycles. The molecule has 2 saturated carbocycles. The quantitative estimate of drug-likeness (QED) is 0.350. The van der Waals surface area contributed by atoms with Crippen LogP contribution in [0, 0.1) is 34.9 Å². The summed E-state index contributed by atoms with van der Waals surface area (Å²) < 4.78 is 59.0. The molecule has 0 spiro atoms. The zero-order valence-corrected chi connectivity index (χ0v) is 21.8. The van der Waals surface area contributed by atoms with Gasteiger partial charge in [0, 0.05) is 17.6 Å². The molecule has 5 rings (SSSR count). The van der Waals surface area contributed by atoms with Crippen molar-refractivity contribution in [3.63, 3.8) is 0 Å². The molecule has 6 nitrogen and oxygen atoms in total. The predicted octanol–water partition coefficient (Wildman–Crippen LogP) is 6.20. The smallest absolute Gasteiger partial charge is 0.419 e. The summed E-state index contributed by atoms with van der Waals surface area (Å²) in [5, 5.41) is 14.8. The standard InChI is InChI=1S/C31H25F4N3O3/c1-41-26-12-7-18(16-36)14-23(26)29(39)38-28-21-10-9-20(22(21)13-17-5-3-2-4-6-17)27(28)30(40)37-19-8-11-25(32)24(15-19)31(33,34)35/h2-8,11-15,20-21,27-28H,9-10H2,1H3,(H,37,40)(H,38,39)/t20?,21?,27-,28+/m0/s1. The maximum Gasteiger partial charge on any atom is 0.419 e. The van der Waals surface area contributed by atoms with Crippen molar-refractivity contribution in [2.75, 3.05) is 12.4 Å². The molecule has 2 amide bonds. The van der Waals surface area contributed by atoms with Crippen LogP contribution >= 0.6 is 0 Å². The number of alkyl halides is 3. The second kappa shape index (κ2) is 11.1. The zero-order valence-electron chi connectivity index (χ0n) is 21.8. The van der Waals surface area contributed by atoms with E-state index in [-0.39, 0.29) is 34.4 Å². The lowest BCUT2D eigenvalue weighted by Crippen LogP contribution is -2.48. The Labute approximate surface area is 233 Å². The van der Waals surface area contributed by atoms with Gasteiger partial charge in [0.15, 0.2) is 0 Å². The molecule has 2 N–H and O–H groups in total. The number of carbonyl (C=O) groups excluding carboxylic acids is 2. The van der Waals surface area contributed by atoms with E-state index in [1.54, 1.807) is 0 Å². The maximum absolute atomic E-state index is 13.8. The number of hydrogen-bond acceptors (Lipinski definition) is 4. The monoisotopic (exact) mass is 563 g/mol. The lowest BCUT2D eigenvalue weighted by molar-refractivity contribution is -0.140. The molecular weight excluding hydrogens is 538 g/mol. The highest BCUT2D eigenvalue weighted by molar-refractivity contribution is 5.99. The van der Waals surface area contributed by atoms with Crippen molar-refractivity contribution in [1.82, 2.24) is 5.32 Å². The van der Waals surface area contributed by atoms with Gasteiger partial charge in [0.25, 0.3) is 5.91 Å². The number of carbonyl (C=O) groups is 2. The average molecular weight is 564 g/mol. The fourth-order valence-electron chi connectivity index (χ4n) is 5.96. The second-order valence-corrected chi connectivity index (χ2v) is 10.1.